The molecule has 0 saturated carbocycles. The number of carbonyl (C=O) groups excluding carboxylic acids is 2. The number of methoxy groups -OCH3 is 3. The van der Waals surface area contributed by atoms with Crippen molar-refractivity contribution in [2.45, 2.75) is 20.8 Å². The van der Waals surface area contributed by atoms with Crippen LogP contribution in [-0.2, 0) is 4.79 Å². The standard InChI is InChI=1S/C17H25N3O5/c1-17(2,3)10-19-20-14(21)9-18-16(22)11-7-12(23-4)15(25-6)13(8-11)24-5/h7-8,10H,9H2,1-6H3,(H,18,22)(H,20,21). The van der Waals surface area contributed by atoms with Crippen LogP contribution in [0.4, 0.5) is 0 Å². The lowest BCUT2D eigenvalue weighted by Crippen LogP contribution is -2.35. The molecule has 25 heavy (non-hydrogen) atoms. The Bertz CT molecular complexity index is 625. The number of carbonyl (C=O) groups is 2. The molecule has 0 bridgehead atoms. The fraction of sp³-hybridized carbons (Fsp3) is 0.471. The van der Waals surface area contributed by atoms with Gasteiger partial charge >= 0.3 is 0 Å². The van der Waals surface area contributed by atoms with Crippen LogP contribution in [0.2, 0.25) is 0 Å². The van der Waals surface area contributed by atoms with Crippen molar-refractivity contribution in [3.63, 3.8) is 0 Å². The van der Waals surface area contributed by atoms with Crippen LogP contribution in [0.5, 0.6) is 17.2 Å². The van der Waals surface area contributed by atoms with Crippen LogP contribution >= 0.6 is 0 Å². The van der Waals surface area contributed by atoms with E-state index in [9.17, 15) is 9.59 Å². The van der Waals surface area contributed by atoms with E-state index >= 15 is 0 Å². The Kier molecular flexibility index (Phi) is 7.22. The predicted octanol–water partition coefficient (Wildman–Crippen LogP) is 1.59. The van der Waals surface area contributed by atoms with Gasteiger partial charge in [-0.05, 0) is 17.5 Å². The Morgan fingerprint density at radius 1 is 1.08 bits per heavy atom. The van der Waals surface area contributed by atoms with Gasteiger partial charge in [-0.15, -0.1) is 0 Å². The smallest absolute Gasteiger partial charge is 0.259 e. The second-order valence-electron chi connectivity index (χ2n) is 6.26. The Labute approximate surface area is 147 Å². The van der Waals surface area contributed by atoms with Gasteiger partial charge in [-0.25, -0.2) is 5.43 Å². The topological polar surface area (TPSA) is 98.2 Å². The number of hydrogen-bond donors (Lipinski definition) is 2. The molecule has 138 valence electrons. The first-order chi connectivity index (χ1) is 11.7. The van der Waals surface area contributed by atoms with Crippen LogP contribution in [0.25, 0.3) is 0 Å². The van der Waals surface area contributed by atoms with Crippen molar-refractivity contribution in [1.29, 1.82) is 0 Å². The molecule has 8 nitrogen and oxygen atoms in total. The van der Waals surface area contributed by atoms with Crippen LogP contribution in [-0.4, -0.2) is 45.9 Å². The number of hydrogen-bond acceptors (Lipinski definition) is 6. The molecule has 0 unspecified atom stereocenters. The number of hydrazone groups is 1. The number of amides is 2. The number of rotatable bonds is 7. The quantitative estimate of drug-likeness (QED) is 0.574. The third-order valence-electron chi connectivity index (χ3n) is 2.98. The SMILES string of the molecule is COc1cc(C(=O)NCC(=O)NN=CC(C)(C)C)cc(OC)c1OC. The van der Waals surface area contributed by atoms with E-state index in [1.54, 1.807) is 6.21 Å². The number of nitrogens with one attached hydrogen (secondary N) is 2. The van der Waals surface area contributed by atoms with Crippen molar-refractivity contribution >= 4 is 18.0 Å². The first-order valence-electron chi connectivity index (χ1n) is 7.63. The van der Waals surface area contributed by atoms with Gasteiger partial charge < -0.3 is 19.5 Å². The fourth-order valence-electron chi connectivity index (χ4n) is 1.81. The van der Waals surface area contributed by atoms with Crippen LogP contribution in [0.15, 0.2) is 17.2 Å². The molecule has 0 saturated heterocycles. The molecule has 0 aromatic heterocycles. The van der Waals surface area contributed by atoms with E-state index < -0.39 is 11.8 Å². The summed E-state index contributed by atoms with van der Waals surface area (Å²) in [6.07, 6.45) is 1.62. The molecule has 0 aliphatic carbocycles. The molecular weight excluding hydrogens is 326 g/mol. The van der Waals surface area contributed by atoms with Gasteiger partial charge in [-0.2, -0.15) is 5.10 Å². The monoisotopic (exact) mass is 351 g/mol. The van der Waals surface area contributed by atoms with E-state index in [2.05, 4.69) is 15.8 Å². The van der Waals surface area contributed by atoms with Gasteiger partial charge in [0.05, 0.1) is 27.9 Å². The average Bonchev–Trinajstić information content (AvgIpc) is 2.56. The van der Waals surface area contributed by atoms with Gasteiger partial charge in [0.25, 0.3) is 11.8 Å². The first-order valence-corrected chi connectivity index (χ1v) is 7.63. The lowest BCUT2D eigenvalue weighted by atomic mass is 9.99. The largest absolute Gasteiger partial charge is 0.493 e. The average molecular weight is 351 g/mol. The summed E-state index contributed by atoms with van der Waals surface area (Å²) in [5.74, 6) is 0.212. The molecule has 8 heteroatoms. The van der Waals surface area contributed by atoms with Crippen molar-refractivity contribution in [3.05, 3.63) is 17.7 Å². The van der Waals surface area contributed by atoms with E-state index in [0.29, 0.717) is 17.2 Å². The molecule has 1 rings (SSSR count). The van der Waals surface area contributed by atoms with Gasteiger partial charge in [0, 0.05) is 11.8 Å². The Morgan fingerprint density at radius 2 is 1.64 bits per heavy atom. The van der Waals surface area contributed by atoms with Crippen molar-refractivity contribution in [3.8, 4) is 17.2 Å². The zero-order chi connectivity index (χ0) is 19.0. The summed E-state index contributed by atoms with van der Waals surface area (Å²) in [4.78, 5) is 23.9. The maximum Gasteiger partial charge on any atom is 0.259 e. The number of benzene rings is 1. The highest BCUT2D eigenvalue weighted by Crippen LogP contribution is 2.38. The second-order valence-corrected chi connectivity index (χ2v) is 6.26. The van der Waals surface area contributed by atoms with Crippen molar-refractivity contribution in [1.82, 2.24) is 10.7 Å². The zero-order valence-corrected chi connectivity index (χ0v) is 15.4. The molecule has 1 aromatic carbocycles. The molecular formula is C17H25N3O5. The maximum absolute atomic E-state index is 12.2. The molecule has 0 spiro atoms. The summed E-state index contributed by atoms with van der Waals surface area (Å²) in [5, 5.41) is 6.35. The Morgan fingerprint density at radius 3 is 2.08 bits per heavy atom. The minimum Gasteiger partial charge on any atom is -0.493 e. The molecule has 0 heterocycles. The highest BCUT2D eigenvalue weighted by molar-refractivity contribution is 5.97. The molecule has 2 N–H and O–H groups in total. The van der Waals surface area contributed by atoms with Crippen LogP contribution in [0, 0.1) is 5.41 Å². The van der Waals surface area contributed by atoms with Crippen LogP contribution < -0.4 is 25.0 Å². The molecule has 0 aliphatic rings. The van der Waals surface area contributed by atoms with Crippen molar-refractivity contribution in [2.24, 2.45) is 10.5 Å². The van der Waals surface area contributed by atoms with Gasteiger partial charge in [0.2, 0.25) is 5.75 Å². The molecule has 0 radical (unpaired) electrons. The summed E-state index contributed by atoms with van der Waals surface area (Å²) in [5.41, 5.74) is 2.49. The minimum absolute atomic E-state index is 0.146. The number of nitrogens with zero attached hydrogens (tertiary/aromatic N) is 1. The lowest BCUT2D eigenvalue weighted by Gasteiger charge is -2.14. The van der Waals surface area contributed by atoms with Crippen molar-refractivity contribution in [2.75, 3.05) is 27.9 Å². The van der Waals surface area contributed by atoms with E-state index in [1.165, 1.54) is 33.5 Å². The fourth-order valence-corrected chi connectivity index (χ4v) is 1.81. The Balaban J connectivity index is 2.75. The van der Waals surface area contributed by atoms with E-state index in [1.807, 2.05) is 20.8 Å². The first kappa shape index (κ1) is 20.3. The molecule has 0 atom stereocenters. The van der Waals surface area contributed by atoms with Gasteiger partial charge in [0.1, 0.15) is 0 Å². The van der Waals surface area contributed by atoms with Crippen molar-refractivity contribution < 1.29 is 23.8 Å². The molecule has 0 aliphatic heterocycles. The second kappa shape index (κ2) is 8.91. The summed E-state index contributed by atoms with van der Waals surface area (Å²) in [7, 11) is 4.39. The third kappa shape index (κ3) is 6.33. The summed E-state index contributed by atoms with van der Waals surface area (Å²) >= 11 is 0. The molecule has 1 aromatic rings. The van der Waals surface area contributed by atoms with E-state index in [4.69, 9.17) is 14.2 Å². The third-order valence-corrected chi connectivity index (χ3v) is 2.98. The highest BCUT2D eigenvalue weighted by Gasteiger charge is 2.17. The van der Waals surface area contributed by atoms with Crippen LogP contribution in [0.1, 0.15) is 31.1 Å². The van der Waals surface area contributed by atoms with Crippen LogP contribution in [0.3, 0.4) is 0 Å². The Hall–Kier alpha value is -2.77. The van der Waals surface area contributed by atoms with Gasteiger partial charge in [-0.1, -0.05) is 20.8 Å². The number of ether oxygens (including phenoxy) is 3. The zero-order valence-electron chi connectivity index (χ0n) is 15.4. The summed E-state index contributed by atoms with van der Waals surface area (Å²) < 4.78 is 15.6. The normalized spacial score (nSPS) is 11.1. The highest BCUT2D eigenvalue weighted by atomic mass is 16.5. The molecule has 0 fully saturated rings. The minimum atomic E-state index is -0.450. The summed E-state index contributed by atoms with van der Waals surface area (Å²) in [6, 6.07) is 3.01. The van der Waals surface area contributed by atoms with E-state index in [-0.39, 0.29) is 17.5 Å². The lowest BCUT2D eigenvalue weighted by molar-refractivity contribution is -0.120. The molecule has 2 amide bonds. The van der Waals surface area contributed by atoms with E-state index in [0.717, 1.165) is 0 Å². The summed E-state index contributed by atoms with van der Waals surface area (Å²) in [6.45, 7) is 5.65. The predicted molar refractivity (Wildman–Crippen MR) is 94.5 cm³/mol. The van der Waals surface area contributed by atoms with Gasteiger partial charge in [0.15, 0.2) is 11.5 Å². The maximum atomic E-state index is 12.2. The van der Waals surface area contributed by atoms with Gasteiger partial charge in [-0.3, -0.25) is 9.59 Å².